The van der Waals surface area contributed by atoms with Gasteiger partial charge in [0.2, 0.25) is 5.91 Å². The molecular weight excluding hydrogens is 534 g/mol. The van der Waals surface area contributed by atoms with E-state index in [2.05, 4.69) is 5.32 Å². The summed E-state index contributed by atoms with van der Waals surface area (Å²) in [5.74, 6) is 0.118. The second-order valence-electron chi connectivity index (χ2n) is 9.07. The van der Waals surface area contributed by atoms with Crippen molar-refractivity contribution in [2.45, 2.75) is 19.5 Å². The van der Waals surface area contributed by atoms with Gasteiger partial charge in [-0.25, -0.2) is 0 Å². The number of hydrogen-bond donors (Lipinski definition) is 1. The molecule has 0 bridgehead atoms. The molecule has 5 rings (SSSR count). The van der Waals surface area contributed by atoms with E-state index in [1.165, 1.54) is 4.90 Å². The number of hydrogen-bond acceptors (Lipinski definition) is 5. The zero-order valence-electron chi connectivity index (χ0n) is 21.2. The summed E-state index contributed by atoms with van der Waals surface area (Å²) in [4.78, 5) is 40.0. The smallest absolute Gasteiger partial charge is 0.293 e. The molecule has 198 valence electrons. The fraction of sp³-hybridized carbons (Fsp3) is 0.167. The molecule has 2 heterocycles. The summed E-state index contributed by atoms with van der Waals surface area (Å²) in [6.45, 7) is 2.37. The summed E-state index contributed by atoms with van der Waals surface area (Å²) in [6.07, 6.45) is 3.56. The van der Waals surface area contributed by atoms with Gasteiger partial charge < -0.3 is 14.6 Å². The third kappa shape index (κ3) is 6.19. The molecule has 1 aliphatic rings. The number of aromatic nitrogens is 1. The Labute approximate surface area is 235 Å². The molecule has 1 unspecified atom stereocenters. The molecule has 0 aliphatic carbocycles. The number of para-hydroxylation sites is 1. The Kier molecular flexibility index (Phi) is 8.05. The van der Waals surface area contributed by atoms with Crippen LogP contribution in [0.1, 0.15) is 24.1 Å². The predicted octanol–water partition coefficient (Wildman–Crippen LogP) is 6.29. The SMILES string of the molecule is CC(NC(=O)Cn1cc(/C=C2\SC(=O)N(CCOc3ccc(Cl)cc3)C2=O)c2ccccc21)c1ccccc1. The molecule has 0 radical (unpaired) electrons. The molecule has 1 aliphatic heterocycles. The molecule has 0 saturated carbocycles. The summed E-state index contributed by atoms with van der Waals surface area (Å²) >= 11 is 6.79. The van der Waals surface area contributed by atoms with Crippen LogP contribution in [0.5, 0.6) is 5.75 Å². The minimum Gasteiger partial charge on any atom is -0.492 e. The highest BCUT2D eigenvalue weighted by molar-refractivity contribution is 8.18. The number of rotatable bonds is 9. The van der Waals surface area contributed by atoms with Crippen LogP contribution in [0.2, 0.25) is 5.02 Å². The number of nitrogens with one attached hydrogen (secondary N) is 1. The molecule has 1 atom stereocenters. The lowest BCUT2D eigenvalue weighted by atomic mass is 10.1. The van der Waals surface area contributed by atoms with Crippen molar-refractivity contribution in [1.29, 1.82) is 0 Å². The highest BCUT2D eigenvalue weighted by Gasteiger charge is 2.35. The molecule has 1 N–H and O–H groups in total. The number of thioether (sulfide) groups is 1. The van der Waals surface area contributed by atoms with Crippen molar-refractivity contribution in [1.82, 2.24) is 14.8 Å². The lowest BCUT2D eigenvalue weighted by Crippen LogP contribution is -2.32. The van der Waals surface area contributed by atoms with Crippen molar-refractivity contribution in [3.8, 4) is 5.75 Å². The summed E-state index contributed by atoms with van der Waals surface area (Å²) in [7, 11) is 0. The molecule has 3 amide bonds. The van der Waals surface area contributed by atoms with Gasteiger partial charge in [0.1, 0.15) is 18.9 Å². The first-order chi connectivity index (χ1) is 18.9. The van der Waals surface area contributed by atoms with Gasteiger partial charge in [-0.3, -0.25) is 19.3 Å². The van der Waals surface area contributed by atoms with Crippen LogP contribution in [-0.4, -0.2) is 39.7 Å². The normalized spacial score (nSPS) is 15.2. The summed E-state index contributed by atoms with van der Waals surface area (Å²) in [5, 5.41) is 4.19. The number of amides is 3. The van der Waals surface area contributed by atoms with Crippen molar-refractivity contribution in [3.63, 3.8) is 0 Å². The fourth-order valence-corrected chi connectivity index (χ4v) is 5.39. The topological polar surface area (TPSA) is 80.6 Å². The van der Waals surface area contributed by atoms with Crippen molar-refractivity contribution in [3.05, 3.63) is 106 Å². The minimum atomic E-state index is -0.365. The van der Waals surface area contributed by atoms with Gasteiger partial charge >= 0.3 is 0 Å². The maximum Gasteiger partial charge on any atom is 0.293 e. The van der Waals surface area contributed by atoms with Crippen LogP contribution in [0, 0.1) is 0 Å². The molecule has 0 spiro atoms. The Bertz CT molecular complexity index is 1550. The monoisotopic (exact) mass is 559 g/mol. The quantitative estimate of drug-likeness (QED) is 0.244. The van der Waals surface area contributed by atoms with E-state index in [-0.39, 0.29) is 42.8 Å². The molecule has 9 heteroatoms. The van der Waals surface area contributed by atoms with Crippen LogP contribution >= 0.6 is 23.4 Å². The maximum atomic E-state index is 13.1. The minimum absolute atomic E-state index is 0.120. The van der Waals surface area contributed by atoms with Crippen molar-refractivity contribution in [2.75, 3.05) is 13.2 Å². The van der Waals surface area contributed by atoms with Gasteiger partial charge in [0.15, 0.2) is 0 Å². The van der Waals surface area contributed by atoms with Gasteiger partial charge in [0, 0.05) is 27.7 Å². The molecule has 1 aromatic heterocycles. The summed E-state index contributed by atoms with van der Waals surface area (Å²) in [6, 6.07) is 24.2. The molecule has 4 aromatic rings. The van der Waals surface area contributed by atoms with Crippen molar-refractivity contribution >= 4 is 57.4 Å². The first kappa shape index (κ1) is 26.6. The fourth-order valence-electron chi connectivity index (χ4n) is 4.41. The first-order valence-corrected chi connectivity index (χ1v) is 13.6. The van der Waals surface area contributed by atoms with Gasteiger partial charge in [-0.1, -0.05) is 60.1 Å². The van der Waals surface area contributed by atoms with Gasteiger partial charge in [0.25, 0.3) is 11.1 Å². The number of nitrogens with zero attached hydrogens (tertiary/aromatic N) is 2. The Morgan fingerprint density at radius 3 is 2.51 bits per heavy atom. The average molecular weight is 560 g/mol. The van der Waals surface area contributed by atoms with E-state index >= 15 is 0 Å². The van der Waals surface area contributed by atoms with Crippen molar-refractivity contribution in [2.24, 2.45) is 0 Å². The van der Waals surface area contributed by atoms with E-state index in [0.29, 0.717) is 15.7 Å². The molecule has 7 nitrogen and oxygen atoms in total. The largest absolute Gasteiger partial charge is 0.492 e. The third-order valence-corrected chi connectivity index (χ3v) is 7.53. The van der Waals surface area contributed by atoms with E-state index < -0.39 is 0 Å². The number of halogens is 1. The van der Waals surface area contributed by atoms with Gasteiger partial charge in [0.05, 0.1) is 17.5 Å². The Morgan fingerprint density at radius 2 is 1.74 bits per heavy atom. The van der Waals surface area contributed by atoms with E-state index in [9.17, 15) is 14.4 Å². The van der Waals surface area contributed by atoms with Crippen LogP contribution in [0.15, 0.2) is 90.0 Å². The van der Waals surface area contributed by atoms with Crippen LogP contribution < -0.4 is 10.1 Å². The third-order valence-electron chi connectivity index (χ3n) is 6.37. The molecule has 3 aromatic carbocycles. The first-order valence-electron chi connectivity index (χ1n) is 12.4. The van der Waals surface area contributed by atoms with Crippen LogP contribution in [0.4, 0.5) is 4.79 Å². The van der Waals surface area contributed by atoms with E-state index in [0.717, 1.165) is 33.8 Å². The van der Waals surface area contributed by atoms with E-state index in [1.54, 1.807) is 30.3 Å². The second-order valence-corrected chi connectivity index (χ2v) is 10.5. The molecule has 1 fully saturated rings. The van der Waals surface area contributed by atoms with Crippen LogP contribution in [-0.2, 0) is 16.1 Å². The number of ether oxygens (including phenoxy) is 1. The molecule has 39 heavy (non-hydrogen) atoms. The summed E-state index contributed by atoms with van der Waals surface area (Å²) < 4.78 is 7.51. The van der Waals surface area contributed by atoms with Crippen LogP contribution in [0.3, 0.4) is 0 Å². The van der Waals surface area contributed by atoms with E-state index in [1.807, 2.05) is 72.3 Å². The zero-order valence-corrected chi connectivity index (χ0v) is 22.7. The number of carbonyl (C=O) groups is 3. The number of carbonyl (C=O) groups excluding carboxylic acids is 3. The number of fused-ring (bicyclic) bond motifs is 1. The van der Waals surface area contributed by atoms with Crippen LogP contribution in [0.25, 0.3) is 17.0 Å². The summed E-state index contributed by atoms with van der Waals surface area (Å²) in [5.41, 5.74) is 2.65. The zero-order chi connectivity index (χ0) is 27.4. The molecule has 1 saturated heterocycles. The Hall–Kier alpha value is -4.01. The highest BCUT2D eigenvalue weighted by atomic mass is 35.5. The number of imide groups is 1. The second kappa shape index (κ2) is 11.8. The van der Waals surface area contributed by atoms with Crippen molar-refractivity contribution < 1.29 is 19.1 Å². The van der Waals surface area contributed by atoms with Gasteiger partial charge in [-0.2, -0.15) is 0 Å². The van der Waals surface area contributed by atoms with E-state index in [4.69, 9.17) is 16.3 Å². The average Bonchev–Trinajstić information content (AvgIpc) is 3.41. The lowest BCUT2D eigenvalue weighted by molar-refractivity contribution is -0.123. The maximum absolute atomic E-state index is 13.1. The Morgan fingerprint density at radius 1 is 1.03 bits per heavy atom. The highest BCUT2D eigenvalue weighted by Crippen LogP contribution is 2.34. The van der Waals surface area contributed by atoms with Gasteiger partial charge in [-0.15, -0.1) is 0 Å². The standard InChI is InChI=1S/C30H26ClN3O4S/c1-20(21-7-3-2-4-8-21)32-28(35)19-33-18-22(25-9-5-6-10-26(25)33)17-27-29(36)34(30(37)39-27)15-16-38-24-13-11-23(31)12-14-24/h2-14,17-18,20H,15-16,19H2,1H3,(H,32,35)/b27-17-. The number of benzene rings is 3. The Balaban J connectivity index is 1.29. The van der Waals surface area contributed by atoms with Gasteiger partial charge in [-0.05, 0) is 60.7 Å². The molecular formula is C30H26ClN3O4S. The lowest BCUT2D eigenvalue weighted by Gasteiger charge is -2.15. The predicted molar refractivity (Wildman–Crippen MR) is 155 cm³/mol.